The van der Waals surface area contributed by atoms with Crippen molar-refractivity contribution in [2.45, 2.75) is 0 Å². The summed E-state index contributed by atoms with van der Waals surface area (Å²) < 4.78 is 9.62. The average Bonchev–Trinajstić information content (AvgIpc) is 1.31. The van der Waals surface area contributed by atoms with Gasteiger partial charge in [0, 0.05) is 0 Å². The van der Waals surface area contributed by atoms with Crippen molar-refractivity contribution in [1.29, 1.82) is 0 Å². The van der Waals surface area contributed by atoms with Gasteiger partial charge in [0.1, 0.15) is 0 Å². The lowest BCUT2D eigenvalue weighted by atomic mass is 10.4. The van der Waals surface area contributed by atoms with E-state index in [1.165, 1.54) is 7.69 Å². The molecule has 1 radical (unpaired) electrons. The van der Waals surface area contributed by atoms with Gasteiger partial charge in [-0.2, -0.15) is 0 Å². The summed E-state index contributed by atoms with van der Waals surface area (Å²) in [4.78, 5) is 0. The molecule has 1 heterocycles. The van der Waals surface area contributed by atoms with Crippen LogP contribution in [0, 0.1) is 0 Å². The largest absolute Gasteiger partial charge is 0.498 e. The van der Waals surface area contributed by atoms with E-state index in [1.807, 2.05) is 0 Å². The molecule has 1 aliphatic heterocycles. The summed E-state index contributed by atoms with van der Waals surface area (Å²) in [5.41, 5.74) is 0. The normalized spacial score (nSPS) is 24.2. The first-order valence-corrected chi connectivity index (χ1v) is 5.08. The van der Waals surface area contributed by atoms with Gasteiger partial charge in [0.2, 0.25) is 0 Å². The maximum absolute atomic E-state index is 4.81. The molecule has 2 nitrogen and oxygen atoms in total. The van der Waals surface area contributed by atoms with Crippen LogP contribution in [0.4, 0.5) is 0 Å². The van der Waals surface area contributed by atoms with Crippen molar-refractivity contribution in [3.8, 4) is 0 Å². The highest BCUT2D eigenvalue weighted by atomic mass is 32.1. The van der Waals surface area contributed by atoms with E-state index in [2.05, 4.69) is 6.66 Å². The molecule has 0 spiro atoms. The zero-order valence-electron chi connectivity index (χ0n) is 3.34. The van der Waals surface area contributed by atoms with Crippen molar-refractivity contribution in [2.24, 2.45) is 0 Å². The molecule has 1 saturated heterocycles. The third-order valence-electron chi connectivity index (χ3n) is 0.460. The van der Waals surface area contributed by atoms with Gasteiger partial charge in [-0.25, -0.2) is 0 Å². The van der Waals surface area contributed by atoms with E-state index in [1.54, 1.807) is 0 Å². The van der Waals surface area contributed by atoms with E-state index < -0.39 is 8.06 Å². The van der Waals surface area contributed by atoms with E-state index in [0.29, 0.717) is 0 Å². The molecular weight excluding hydrogens is 117 g/mol. The molecule has 0 amide bonds. The van der Waals surface area contributed by atoms with Crippen molar-refractivity contribution < 1.29 is 8.88 Å². The van der Waals surface area contributed by atoms with Gasteiger partial charge < -0.3 is 8.88 Å². The fourth-order valence-corrected chi connectivity index (χ4v) is 1.47. The third-order valence-corrected chi connectivity index (χ3v) is 3.11. The zero-order valence-corrected chi connectivity index (χ0v) is 5.24. The second-order valence-corrected chi connectivity index (χ2v) is 4.61. The quantitative estimate of drug-likeness (QED) is 0.381. The van der Waals surface area contributed by atoms with Crippen LogP contribution in [0.25, 0.3) is 0 Å². The third kappa shape index (κ3) is 0.916. The highest BCUT2D eigenvalue weighted by Gasteiger charge is 2.19. The lowest BCUT2D eigenvalue weighted by Gasteiger charge is -2.21. The molecule has 0 aromatic rings. The minimum absolute atomic E-state index is 0.423. The van der Waals surface area contributed by atoms with E-state index in [-0.39, 0.29) is 0 Å². The number of hydrogen-bond acceptors (Lipinski definition) is 2. The van der Waals surface area contributed by atoms with E-state index >= 15 is 0 Å². The summed E-state index contributed by atoms with van der Waals surface area (Å²) in [6, 6.07) is 0. The van der Waals surface area contributed by atoms with Crippen LogP contribution >= 0.6 is 16.3 Å². The molecule has 0 saturated carbocycles. The van der Waals surface area contributed by atoms with Crippen LogP contribution < -0.4 is 0 Å². The predicted molar refractivity (Wildman–Crippen MR) is 29.1 cm³/mol. The molecule has 1 fully saturated rings. The molecular formula is CH4BO2P2. The smallest absolute Gasteiger partial charge is 0.366 e. The highest BCUT2D eigenvalue weighted by Crippen LogP contribution is 2.60. The Labute approximate surface area is 40.5 Å². The van der Waals surface area contributed by atoms with Crippen molar-refractivity contribution in [1.82, 2.24) is 0 Å². The minimum atomic E-state index is -0.423. The molecule has 0 aromatic heterocycles. The summed E-state index contributed by atoms with van der Waals surface area (Å²) in [5.74, 6) is 0. The minimum Gasteiger partial charge on any atom is -0.366 e. The van der Waals surface area contributed by atoms with Crippen LogP contribution in [0.15, 0.2) is 0 Å². The molecule has 0 N–H and O–H groups in total. The lowest BCUT2D eigenvalue weighted by molar-refractivity contribution is 0.398. The second-order valence-electron chi connectivity index (χ2n) is 0.788. The SMILES string of the molecule is CPP1O[B]O1. The van der Waals surface area contributed by atoms with Gasteiger partial charge in [-0.15, -0.1) is 0 Å². The summed E-state index contributed by atoms with van der Waals surface area (Å²) in [5, 5.41) is 0. The van der Waals surface area contributed by atoms with Crippen molar-refractivity contribution in [3.63, 3.8) is 0 Å². The van der Waals surface area contributed by atoms with Crippen LogP contribution in [-0.2, 0) is 8.88 Å². The molecule has 0 bridgehead atoms. The Balaban J connectivity index is 2.01. The van der Waals surface area contributed by atoms with Crippen LogP contribution in [0.2, 0.25) is 0 Å². The Hall–Kier alpha value is 0.845. The predicted octanol–water partition coefficient (Wildman–Crippen LogP) is 1.10. The first kappa shape index (κ1) is 4.99. The topological polar surface area (TPSA) is 18.5 Å². The Morgan fingerprint density at radius 1 is 1.67 bits per heavy atom. The molecule has 1 rings (SSSR count). The van der Waals surface area contributed by atoms with Gasteiger partial charge in [0.15, 0.2) is 8.06 Å². The molecule has 6 heavy (non-hydrogen) atoms. The van der Waals surface area contributed by atoms with Crippen molar-refractivity contribution in [3.05, 3.63) is 0 Å². The van der Waals surface area contributed by atoms with Crippen LogP contribution in [0.5, 0.6) is 0 Å². The molecule has 33 valence electrons. The molecule has 0 aliphatic carbocycles. The van der Waals surface area contributed by atoms with Crippen LogP contribution in [-0.4, -0.2) is 14.3 Å². The van der Waals surface area contributed by atoms with E-state index in [9.17, 15) is 0 Å². The monoisotopic (exact) mass is 121 g/mol. The average molecular weight is 121 g/mol. The van der Waals surface area contributed by atoms with Crippen molar-refractivity contribution >= 4 is 24.0 Å². The number of rotatable bonds is 1. The zero-order chi connectivity index (χ0) is 4.41. The van der Waals surface area contributed by atoms with Gasteiger partial charge in [-0.1, -0.05) is 0 Å². The fourth-order valence-electron chi connectivity index (χ4n) is 0.191. The van der Waals surface area contributed by atoms with Gasteiger partial charge in [-0.3, -0.25) is 0 Å². The van der Waals surface area contributed by atoms with E-state index in [4.69, 9.17) is 8.88 Å². The molecule has 1 aliphatic rings. The first-order chi connectivity index (χ1) is 2.93. The maximum Gasteiger partial charge on any atom is 0.498 e. The Bertz CT molecular complexity index is 44.1. The van der Waals surface area contributed by atoms with Crippen LogP contribution in [0.1, 0.15) is 0 Å². The Morgan fingerprint density at radius 2 is 2.33 bits per heavy atom. The van der Waals surface area contributed by atoms with Crippen molar-refractivity contribution in [2.75, 3.05) is 6.66 Å². The summed E-state index contributed by atoms with van der Waals surface area (Å²) in [6.07, 6.45) is 0. The summed E-state index contributed by atoms with van der Waals surface area (Å²) in [6.45, 7) is 2.07. The fraction of sp³-hybridized carbons (Fsp3) is 1.00. The second kappa shape index (κ2) is 2.23. The van der Waals surface area contributed by atoms with Gasteiger partial charge in [0.25, 0.3) is 0 Å². The standard InChI is InChI=1S/CH4BO2P2/c1-5-6-3-2-4-6/h5H,1H3. The molecule has 1 atom stereocenters. The Kier molecular flexibility index (Phi) is 1.85. The van der Waals surface area contributed by atoms with Gasteiger partial charge >= 0.3 is 7.69 Å². The molecule has 0 aromatic carbocycles. The molecule has 5 heteroatoms. The molecule has 1 unspecified atom stereocenters. The summed E-state index contributed by atoms with van der Waals surface area (Å²) >= 11 is 0. The highest BCUT2D eigenvalue weighted by molar-refractivity contribution is 8.18. The summed E-state index contributed by atoms with van der Waals surface area (Å²) in [7, 11) is 1.78. The number of hydrogen-bond donors (Lipinski definition) is 0. The van der Waals surface area contributed by atoms with Gasteiger partial charge in [0.05, 0.1) is 0 Å². The van der Waals surface area contributed by atoms with E-state index in [0.717, 1.165) is 8.27 Å². The first-order valence-electron chi connectivity index (χ1n) is 1.56. The Morgan fingerprint density at radius 3 is 2.33 bits per heavy atom. The maximum atomic E-state index is 4.81. The lowest BCUT2D eigenvalue weighted by Crippen LogP contribution is -2.06. The van der Waals surface area contributed by atoms with Crippen LogP contribution in [0.3, 0.4) is 0 Å². The van der Waals surface area contributed by atoms with Gasteiger partial charge in [-0.05, 0) is 14.9 Å².